The second-order valence-corrected chi connectivity index (χ2v) is 5.79. The number of para-hydroxylation sites is 1. The number of aliphatic hydroxyl groups is 1. The van der Waals surface area contributed by atoms with Gasteiger partial charge in [0.25, 0.3) is 5.91 Å². The molecule has 0 aromatic heterocycles. The highest BCUT2D eigenvalue weighted by Crippen LogP contribution is 2.22. The maximum absolute atomic E-state index is 12.7. The van der Waals surface area contributed by atoms with E-state index in [1.807, 2.05) is 29.2 Å². The van der Waals surface area contributed by atoms with E-state index in [1.54, 1.807) is 0 Å². The quantitative estimate of drug-likeness (QED) is 0.887. The summed E-state index contributed by atoms with van der Waals surface area (Å²) in [6, 6.07) is 7.94. The molecule has 1 unspecified atom stereocenters. The van der Waals surface area contributed by atoms with E-state index in [4.69, 9.17) is 0 Å². The highest BCUT2D eigenvalue weighted by Gasteiger charge is 2.25. The Morgan fingerprint density at radius 3 is 2.90 bits per heavy atom. The molecule has 1 saturated heterocycles. The number of benzene rings is 1. The topological polar surface area (TPSA) is 52.6 Å². The summed E-state index contributed by atoms with van der Waals surface area (Å²) in [7, 11) is 0. The van der Waals surface area contributed by atoms with Crippen molar-refractivity contribution in [1.82, 2.24) is 4.90 Å². The van der Waals surface area contributed by atoms with Crippen molar-refractivity contribution in [1.29, 1.82) is 0 Å². The van der Waals surface area contributed by atoms with Crippen LogP contribution in [0.25, 0.3) is 0 Å². The maximum Gasteiger partial charge on any atom is 0.255 e. The van der Waals surface area contributed by atoms with Crippen LogP contribution in [0.2, 0.25) is 0 Å². The largest absolute Gasteiger partial charge is 0.396 e. The molecule has 1 aliphatic heterocycles. The van der Waals surface area contributed by atoms with Gasteiger partial charge in [0.1, 0.15) is 0 Å². The fourth-order valence-electron chi connectivity index (χ4n) is 2.68. The Hall–Kier alpha value is -1.55. The molecule has 4 nitrogen and oxygen atoms in total. The highest BCUT2D eigenvalue weighted by molar-refractivity contribution is 5.99. The molecular weight excluding hydrogens is 252 g/mol. The Labute approximate surface area is 120 Å². The van der Waals surface area contributed by atoms with E-state index in [1.165, 1.54) is 0 Å². The number of carbonyl (C=O) groups excluding carboxylic acids is 1. The van der Waals surface area contributed by atoms with Crippen molar-refractivity contribution in [3.63, 3.8) is 0 Å². The zero-order valence-corrected chi connectivity index (χ0v) is 12.3. The third-order valence-electron chi connectivity index (χ3n) is 3.67. The van der Waals surface area contributed by atoms with Crippen LogP contribution >= 0.6 is 0 Å². The van der Waals surface area contributed by atoms with Crippen LogP contribution in [-0.4, -0.2) is 41.7 Å². The standard InChI is InChI=1S/C16H24N2O2/c1-12(2)17-15-8-4-3-7-14(15)16(20)18-9-5-6-13(10-18)11-19/h3-4,7-8,12-13,17,19H,5-6,9-11H2,1-2H3. The number of anilines is 1. The predicted molar refractivity (Wildman–Crippen MR) is 80.9 cm³/mol. The molecule has 1 aromatic carbocycles. The van der Waals surface area contributed by atoms with E-state index in [-0.39, 0.29) is 24.5 Å². The minimum atomic E-state index is 0.0619. The lowest BCUT2D eigenvalue weighted by molar-refractivity contribution is 0.0621. The van der Waals surface area contributed by atoms with Crippen LogP contribution in [0.4, 0.5) is 5.69 Å². The number of nitrogens with zero attached hydrogens (tertiary/aromatic N) is 1. The molecule has 0 saturated carbocycles. The van der Waals surface area contributed by atoms with E-state index in [9.17, 15) is 9.90 Å². The fourth-order valence-corrected chi connectivity index (χ4v) is 2.68. The van der Waals surface area contributed by atoms with Gasteiger partial charge in [0, 0.05) is 31.4 Å². The summed E-state index contributed by atoms with van der Waals surface area (Å²) < 4.78 is 0. The molecule has 1 fully saturated rings. The van der Waals surface area contributed by atoms with Crippen LogP contribution in [0, 0.1) is 5.92 Å². The van der Waals surface area contributed by atoms with Crippen LogP contribution in [0.1, 0.15) is 37.0 Å². The fraction of sp³-hybridized carbons (Fsp3) is 0.562. The summed E-state index contributed by atoms with van der Waals surface area (Å²) in [5, 5.41) is 12.6. The van der Waals surface area contributed by atoms with Gasteiger partial charge in [0.15, 0.2) is 0 Å². The van der Waals surface area contributed by atoms with Crippen LogP contribution < -0.4 is 5.32 Å². The average molecular weight is 276 g/mol. The first-order valence-electron chi connectivity index (χ1n) is 7.37. The first-order valence-corrected chi connectivity index (χ1v) is 7.37. The third kappa shape index (κ3) is 3.51. The summed E-state index contributed by atoms with van der Waals surface area (Å²) in [6.45, 7) is 5.72. The molecule has 0 bridgehead atoms. The Balaban J connectivity index is 2.16. The van der Waals surface area contributed by atoms with Crippen LogP contribution in [-0.2, 0) is 0 Å². The number of nitrogens with one attached hydrogen (secondary N) is 1. The Morgan fingerprint density at radius 2 is 2.20 bits per heavy atom. The van der Waals surface area contributed by atoms with Crippen molar-refractivity contribution in [3.05, 3.63) is 29.8 Å². The molecule has 110 valence electrons. The SMILES string of the molecule is CC(C)Nc1ccccc1C(=O)N1CCCC(CO)C1. The van der Waals surface area contributed by atoms with Crippen LogP contribution in [0.15, 0.2) is 24.3 Å². The monoisotopic (exact) mass is 276 g/mol. The summed E-state index contributed by atoms with van der Waals surface area (Å²) in [4.78, 5) is 14.5. The zero-order chi connectivity index (χ0) is 14.5. The minimum Gasteiger partial charge on any atom is -0.396 e. The number of hydrogen-bond donors (Lipinski definition) is 2. The Bertz CT molecular complexity index is 460. The smallest absolute Gasteiger partial charge is 0.255 e. The van der Waals surface area contributed by atoms with Crippen molar-refractivity contribution in [3.8, 4) is 0 Å². The molecular formula is C16H24N2O2. The predicted octanol–water partition coefficient (Wildman–Crippen LogP) is 2.35. The summed E-state index contributed by atoms with van der Waals surface area (Å²) in [5.41, 5.74) is 1.61. The molecule has 2 rings (SSSR count). The first kappa shape index (κ1) is 14.9. The van der Waals surface area contributed by atoms with Crippen molar-refractivity contribution < 1.29 is 9.90 Å². The number of aliphatic hydroxyl groups excluding tert-OH is 1. The minimum absolute atomic E-state index is 0.0619. The number of rotatable bonds is 4. The Kier molecular flexibility index (Phi) is 5.01. The number of amides is 1. The van der Waals surface area contributed by atoms with E-state index in [0.29, 0.717) is 6.54 Å². The van der Waals surface area contributed by atoms with Gasteiger partial charge in [-0.2, -0.15) is 0 Å². The highest BCUT2D eigenvalue weighted by atomic mass is 16.3. The Morgan fingerprint density at radius 1 is 1.45 bits per heavy atom. The van der Waals surface area contributed by atoms with Crippen molar-refractivity contribution in [2.24, 2.45) is 5.92 Å². The van der Waals surface area contributed by atoms with Crippen LogP contribution in [0.5, 0.6) is 0 Å². The maximum atomic E-state index is 12.7. The average Bonchev–Trinajstić information content (AvgIpc) is 2.46. The van der Waals surface area contributed by atoms with Gasteiger partial charge in [-0.05, 0) is 44.7 Å². The van der Waals surface area contributed by atoms with E-state index < -0.39 is 0 Å². The van der Waals surface area contributed by atoms with Crippen molar-refractivity contribution in [2.75, 3.05) is 25.0 Å². The molecule has 1 aromatic rings. The molecule has 0 spiro atoms. The summed E-state index contributed by atoms with van der Waals surface area (Å²) in [5.74, 6) is 0.282. The lowest BCUT2D eigenvalue weighted by Gasteiger charge is -2.32. The molecule has 20 heavy (non-hydrogen) atoms. The lowest BCUT2D eigenvalue weighted by atomic mass is 9.98. The van der Waals surface area contributed by atoms with Gasteiger partial charge in [0.2, 0.25) is 0 Å². The number of likely N-dealkylation sites (tertiary alicyclic amines) is 1. The van der Waals surface area contributed by atoms with Gasteiger partial charge in [0.05, 0.1) is 5.56 Å². The molecule has 1 atom stereocenters. The molecule has 0 aliphatic carbocycles. The molecule has 0 radical (unpaired) electrons. The molecule has 1 amide bonds. The summed E-state index contributed by atoms with van der Waals surface area (Å²) in [6.07, 6.45) is 1.98. The second kappa shape index (κ2) is 6.75. The normalized spacial score (nSPS) is 19.2. The van der Waals surface area contributed by atoms with Gasteiger partial charge < -0.3 is 15.3 Å². The van der Waals surface area contributed by atoms with Gasteiger partial charge in [-0.25, -0.2) is 0 Å². The molecule has 2 N–H and O–H groups in total. The molecule has 4 heteroatoms. The van der Waals surface area contributed by atoms with E-state index in [2.05, 4.69) is 19.2 Å². The number of piperidine rings is 1. The molecule has 1 heterocycles. The van der Waals surface area contributed by atoms with E-state index in [0.717, 1.165) is 30.6 Å². The van der Waals surface area contributed by atoms with Crippen molar-refractivity contribution >= 4 is 11.6 Å². The summed E-state index contributed by atoms with van der Waals surface area (Å²) >= 11 is 0. The van der Waals surface area contributed by atoms with Crippen LogP contribution in [0.3, 0.4) is 0 Å². The van der Waals surface area contributed by atoms with Gasteiger partial charge in [-0.15, -0.1) is 0 Å². The van der Waals surface area contributed by atoms with Gasteiger partial charge in [-0.3, -0.25) is 4.79 Å². The third-order valence-corrected chi connectivity index (χ3v) is 3.67. The zero-order valence-electron chi connectivity index (χ0n) is 12.3. The first-order chi connectivity index (χ1) is 9.61. The lowest BCUT2D eigenvalue weighted by Crippen LogP contribution is -2.41. The number of carbonyl (C=O) groups is 1. The molecule has 1 aliphatic rings. The second-order valence-electron chi connectivity index (χ2n) is 5.79. The number of hydrogen-bond acceptors (Lipinski definition) is 3. The van der Waals surface area contributed by atoms with E-state index >= 15 is 0 Å². The van der Waals surface area contributed by atoms with Gasteiger partial charge >= 0.3 is 0 Å². The van der Waals surface area contributed by atoms with Crippen molar-refractivity contribution in [2.45, 2.75) is 32.7 Å². The van der Waals surface area contributed by atoms with Gasteiger partial charge in [-0.1, -0.05) is 12.1 Å².